The second-order valence-electron chi connectivity index (χ2n) is 9.40. The Morgan fingerprint density at radius 3 is 1.68 bits per heavy atom. The maximum Gasteiger partial charge on any atom is 0.264 e. The molecule has 0 aromatic heterocycles. The van der Waals surface area contributed by atoms with E-state index in [-0.39, 0.29) is 9.79 Å². The summed E-state index contributed by atoms with van der Waals surface area (Å²) in [4.78, 5) is 0.309. The van der Waals surface area contributed by atoms with E-state index < -0.39 is 32.1 Å². The number of sulfonamides is 2. The van der Waals surface area contributed by atoms with Crippen molar-refractivity contribution in [2.24, 2.45) is 0 Å². The minimum atomic E-state index is -4.06. The molecule has 5 aromatic carbocycles. The molecule has 0 saturated carbocycles. The van der Waals surface area contributed by atoms with Crippen LogP contribution in [0.4, 0.5) is 11.4 Å². The predicted octanol–water partition coefficient (Wildman–Crippen LogP) is 6.04. The van der Waals surface area contributed by atoms with Gasteiger partial charge >= 0.3 is 0 Å². The number of hydrogen-bond acceptors (Lipinski definition) is 4. The molecule has 7 rings (SSSR count). The van der Waals surface area contributed by atoms with Gasteiger partial charge in [0.15, 0.2) is 0 Å². The third kappa shape index (κ3) is 3.10. The summed E-state index contributed by atoms with van der Waals surface area (Å²) in [6, 6.07) is 33.7. The van der Waals surface area contributed by atoms with Crippen molar-refractivity contribution in [1.29, 1.82) is 0 Å². The van der Waals surface area contributed by atoms with Crippen molar-refractivity contribution in [2.75, 3.05) is 8.61 Å². The summed E-state index contributed by atoms with van der Waals surface area (Å²) in [7, 11) is -8.09. The van der Waals surface area contributed by atoms with Crippen molar-refractivity contribution in [3.63, 3.8) is 0 Å². The number of benzene rings is 5. The summed E-state index contributed by atoms with van der Waals surface area (Å²) in [5.41, 5.74) is 2.31. The Kier molecular flexibility index (Phi) is 4.95. The molecule has 2 heterocycles. The van der Waals surface area contributed by atoms with Crippen LogP contribution in [0.1, 0.15) is 23.2 Å². The van der Waals surface area contributed by atoms with Gasteiger partial charge in [0.05, 0.1) is 33.2 Å². The first-order chi connectivity index (χ1) is 18.4. The fraction of sp³-hybridized carbons (Fsp3) is 0.0667. The third-order valence-electron chi connectivity index (χ3n) is 7.37. The van der Waals surface area contributed by atoms with Crippen molar-refractivity contribution in [3.8, 4) is 0 Å². The average Bonchev–Trinajstić information content (AvgIpc) is 3.47. The zero-order chi connectivity index (χ0) is 26.1. The summed E-state index contributed by atoms with van der Waals surface area (Å²) in [6.07, 6.45) is 0. The van der Waals surface area contributed by atoms with E-state index in [1.54, 1.807) is 72.8 Å². The van der Waals surface area contributed by atoms with Crippen molar-refractivity contribution in [3.05, 3.63) is 132 Å². The SMILES string of the molecule is O=S(=O)(c1ccccc1)N1c2ccccc2C2C1c1ccc3ccccc3c1N2S(=O)(=O)c1ccccc1. The third-order valence-corrected chi connectivity index (χ3v) is 11.0. The van der Waals surface area contributed by atoms with Crippen LogP contribution in [-0.4, -0.2) is 16.8 Å². The molecular formula is C30H22N2O4S2. The van der Waals surface area contributed by atoms with Crippen LogP contribution in [0.15, 0.2) is 131 Å². The smallest absolute Gasteiger partial charge is 0.256 e. The highest BCUT2D eigenvalue weighted by atomic mass is 32.2. The van der Waals surface area contributed by atoms with Gasteiger partial charge in [-0.15, -0.1) is 0 Å². The van der Waals surface area contributed by atoms with Gasteiger partial charge in [0.1, 0.15) is 0 Å². The number of rotatable bonds is 4. The number of para-hydroxylation sites is 1. The van der Waals surface area contributed by atoms with Gasteiger partial charge in [-0.1, -0.05) is 91.0 Å². The molecule has 0 spiro atoms. The first-order valence-corrected chi connectivity index (χ1v) is 15.1. The molecule has 6 nitrogen and oxygen atoms in total. The highest BCUT2D eigenvalue weighted by molar-refractivity contribution is 7.93. The summed E-state index contributed by atoms with van der Waals surface area (Å²) in [6.45, 7) is 0. The molecule has 0 amide bonds. The van der Waals surface area contributed by atoms with Crippen LogP contribution in [0.5, 0.6) is 0 Å². The molecule has 2 unspecified atom stereocenters. The quantitative estimate of drug-likeness (QED) is 0.280. The van der Waals surface area contributed by atoms with E-state index in [0.29, 0.717) is 22.5 Å². The van der Waals surface area contributed by atoms with Crippen LogP contribution >= 0.6 is 0 Å². The molecule has 8 heteroatoms. The lowest BCUT2D eigenvalue weighted by atomic mass is 9.99. The normalized spacial score (nSPS) is 18.3. The molecule has 5 aromatic rings. The first-order valence-electron chi connectivity index (χ1n) is 12.2. The van der Waals surface area contributed by atoms with E-state index in [0.717, 1.165) is 10.8 Å². The molecule has 0 saturated heterocycles. The van der Waals surface area contributed by atoms with Crippen LogP contribution in [-0.2, 0) is 20.0 Å². The minimum absolute atomic E-state index is 0.154. The Morgan fingerprint density at radius 1 is 0.474 bits per heavy atom. The Hall–Kier alpha value is -4.14. The predicted molar refractivity (Wildman–Crippen MR) is 148 cm³/mol. The zero-order valence-electron chi connectivity index (χ0n) is 20.0. The maximum atomic E-state index is 14.4. The minimum Gasteiger partial charge on any atom is -0.256 e. The van der Waals surface area contributed by atoms with Gasteiger partial charge in [0.25, 0.3) is 20.0 Å². The van der Waals surface area contributed by atoms with Gasteiger partial charge < -0.3 is 0 Å². The molecule has 0 aliphatic carbocycles. The molecule has 0 fully saturated rings. The van der Waals surface area contributed by atoms with E-state index >= 15 is 0 Å². The molecule has 2 aliphatic rings. The van der Waals surface area contributed by atoms with Gasteiger partial charge in [-0.25, -0.2) is 16.8 Å². The number of anilines is 2. The van der Waals surface area contributed by atoms with Gasteiger partial charge in [-0.05, 0) is 35.7 Å². The standard InChI is InChI=1S/C30H22N2O4S2/c33-37(34,22-12-3-1-4-13-22)31-27-18-10-9-17-25(27)29-30(31)26-20-19-21-11-7-8-16-24(21)28(26)32(29)38(35,36)23-14-5-2-6-15-23/h1-20,29-30H. The zero-order valence-corrected chi connectivity index (χ0v) is 21.7. The molecule has 38 heavy (non-hydrogen) atoms. The van der Waals surface area contributed by atoms with E-state index in [4.69, 9.17) is 0 Å². The first kappa shape index (κ1) is 23.0. The second-order valence-corrected chi connectivity index (χ2v) is 13.0. The molecule has 188 valence electrons. The molecule has 0 bridgehead atoms. The van der Waals surface area contributed by atoms with Crippen molar-refractivity contribution in [2.45, 2.75) is 21.9 Å². The second kappa shape index (κ2) is 8.18. The van der Waals surface area contributed by atoms with Crippen LogP contribution in [0.3, 0.4) is 0 Å². The van der Waals surface area contributed by atoms with Gasteiger partial charge in [-0.2, -0.15) is 0 Å². The maximum absolute atomic E-state index is 14.4. The van der Waals surface area contributed by atoms with Crippen LogP contribution in [0, 0.1) is 0 Å². The number of hydrogen-bond donors (Lipinski definition) is 0. The lowest BCUT2D eigenvalue weighted by Gasteiger charge is -2.28. The van der Waals surface area contributed by atoms with Crippen molar-refractivity contribution >= 4 is 42.2 Å². The number of nitrogens with zero attached hydrogens (tertiary/aromatic N) is 2. The Bertz CT molecular complexity index is 1930. The van der Waals surface area contributed by atoms with E-state index in [1.165, 1.54) is 8.61 Å². The summed E-state index contributed by atoms with van der Waals surface area (Å²) in [5, 5.41) is 1.64. The molecule has 0 radical (unpaired) electrons. The van der Waals surface area contributed by atoms with Gasteiger partial charge in [0.2, 0.25) is 0 Å². The number of fused-ring (bicyclic) bond motifs is 7. The monoisotopic (exact) mass is 538 g/mol. The fourth-order valence-electron chi connectivity index (χ4n) is 5.79. The average molecular weight is 539 g/mol. The van der Waals surface area contributed by atoms with Crippen LogP contribution in [0.25, 0.3) is 10.8 Å². The van der Waals surface area contributed by atoms with Gasteiger partial charge in [0, 0.05) is 16.5 Å². The largest absolute Gasteiger partial charge is 0.264 e. The van der Waals surface area contributed by atoms with Crippen LogP contribution in [0.2, 0.25) is 0 Å². The fourth-order valence-corrected chi connectivity index (χ4v) is 9.18. The topological polar surface area (TPSA) is 74.8 Å². The summed E-state index contributed by atoms with van der Waals surface area (Å²) < 4.78 is 60.0. The highest BCUT2D eigenvalue weighted by Gasteiger charge is 2.56. The summed E-state index contributed by atoms with van der Waals surface area (Å²) >= 11 is 0. The lowest BCUT2D eigenvalue weighted by Crippen LogP contribution is -2.36. The van der Waals surface area contributed by atoms with Crippen LogP contribution < -0.4 is 8.61 Å². The van der Waals surface area contributed by atoms with Crippen molar-refractivity contribution < 1.29 is 16.8 Å². The molecule has 2 aliphatic heterocycles. The highest BCUT2D eigenvalue weighted by Crippen LogP contribution is 2.62. The van der Waals surface area contributed by atoms with Crippen molar-refractivity contribution in [1.82, 2.24) is 0 Å². The molecular weight excluding hydrogens is 516 g/mol. The van der Waals surface area contributed by atoms with E-state index in [9.17, 15) is 16.8 Å². The van der Waals surface area contributed by atoms with E-state index in [1.807, 2.05) is 48.5 Å². The Labute approximate surface area is 221 Å². The molecule has 0 N–H and O–H groups in total. The van der Waals surface area contributed by atoms with Gasteiger partial charge in [-0.3, -0.25) is 8.61 Å². The summed E-state index contributed by atoms with van der Waals surface area (Å²) in [5.74, 6) is 0. The molecule has 2 atom stereocenters. The lowest BCUT2D eigenvalue weighted by molar-refractivity contribution is 0.559. The Balaban J connectivity index is 1.56. The van der Waals surface area contributed by atoms with E-state index in [2.05, 4.69) is 0 Å². The Morgan fingerprint density at radius 2 is 1.00 bits per heavy atom.